The number of thioether (sulfide) groups is 1. The fourth-order valence-corrected chi connectivity index (χ4v) is 12.3. The molecule has 25 heteroatoms. The van der Waals surface area contributed by atoms with Gasteiger partial charge in [0.15, 0.2) is 29.1 Å². The molecule has 6 N–H and O–H groups in total. The number of imidazole rings is 1. The smallest absolute Gasteiger partial charge is 0.382 e. The lowest BCUT2D eigenvalue weighted by Gasteiger charge is -2.23. The first kappa shape index (κ1) is 41.3. The molecule has 0 aliphatic carbocycles. The van der Waals surface area contributed by atoms with Crippen molar-refractivity contribution in [1.29, 1.82) is 0 Å². The predicted molar refractivity (Wildman–Crippen MR) is 200 cm³/mol. The SMILES string of the molecule is CCCSc1nc(N)c2ncn([C@@H]3O[C@H](COP(=O)(O)OP(=O)(O)OP(=O)(O)OP(=O)(O)Cc4ccccc4)[C@@H]4OC(c5ccc6ccccc6c5)OC43)c2n1. The van der Waals surface area contributed by atoms with Crippen LogP contribution in [0.5, 0.6) is 0 Å². The van der Waals surface area contributed by atoms with Crippen LogP contribution in [0.4, 0.5) is 5.82 Å². The first-order chi connectivity index (χ1) is 26.5. The van der Waals surface area contributed by atoms with Crippen molar-refractivity contribution in [3.8, 4) is 0 Å². The van der Waals surface area contributed by atoms with Gasteiger partial charge in [0, 0.05) is 11.3 Å². The van der Waals surface area contributed by atoms with Gasteiger partial charge < -0.3 is 39.5 Å². The third-order valence-electron chi connectivity index (χ3n) is 8.30. The maximum Gasteiger partial charge on any atom is 0.490 e. The fraction of sp³-hybridized carbons (Fsp3) is 0.323. The zero-order chi connectivity index (χ0) is 39.9. The van der Waals surface area contributed by atoms with Crippen LogP contribution in [-0.2, 0) is 56.1 Å². The van der Waals surface area contributed by atoms with Gasteiger partial charge in [0.25, 0.3) is 0 Å². The van der Waals surface area contributed by atoms with E-state index in [0.717, 1.165) is 22.9 Å². The largest absolute Gasteiger partial charge is 0.490 e. The Bertz CT molecular complexity index is 2430. The summed E-state index contributed by atoms with van der Waals surface area (Å²) < 4.78 is 88.5. The Kier molecular flexibility index (Phi) is 12.1. The predicted octanol–water partition coefficient (Wildman–Crippen LogP) is 6.20. The number of hydrogen-bond donors (Lipinski definition) is 5. The van der Waals surface area contributed by atoms with Crippen molar-refractivity contribution in [2.45, 2.75) is 55.5 Å². The van der Waals surface area contributed by atoms with Gasteiger partial charge in [-0.2, -0.15) is 8.62 Å². The molecule has 300 valence electrons. The third-order valence-corrected chi connectivity index (χ3v) is 15.7. The highest BCUT2D eigenvalue weighted by molar-refractivity contribution is 7.99. The highest BCUT2D eigenvalue weighted by Gasteiger charge is 2.55. The minimum Gasteiger partial charge on any atom is -0.382 e. The zero-order valence-electron chi connectivity index (χ0n) is 29.1. The van der Waals surface area contributed by atoms with E-state index in [1.807, 2.05) is 49.4 Å². The number of aromatic nitrogens is 4. The molecule has 20 nitrogen and oxygen atoms in total. The van der Waals surface area contributed by atoms with Crippen LogP contribution in [-0.4, -0.2) is 69.8 Å². The fourth-order valence-electron chi connectivity index (χ4n) is 6.05. The third kappa shape index (κ3) is 9.68. The quantitative estimate of drug-likeness (QED) is 0.0419. The van der Waals surface area contributed by atoms with Gasteiger partial charge in [0.1, 0.15) is 23.8 Å². The van der Waals surface area contributed by atoms with Crippen molar-refractivity contribution >= 4 is 70.6 Å². The first-order valence-electron chi connectivity index (χ1n) is 16.7. The van der Waals surface area contributed by atoms with Gasteiger partial charge in [-0.1, -0.05) is 85.4 Å². The summed E-state index contributed by atoms with van der Waals surface area (Å²) in [7, 11) is -22.5. The zero-order valence-corrected chi connectivity index (χ0v) is 33.5. The number of nitrogen functional groups attached to an aromatic ring is 1. The van der Waals surface area contributed by atoms with E-state index in [-0.39, 0.29) is 16.9 Å². The van der Waals surface area contributed by atoms with E-state index >= 15 is 0 Å². The molecular formula is C31H35N5O15P4S. The van der Waals surface area contributed by atoms with Crippen LogP contribution in [0.2, 0.25) is 0 Å². The molecule has 5 aromatic rings. The summed E-state index contributed by atoms with van der Waals surface area (Å²) >= 11 is 1.39. The first-order valence-corrected chi connectivity index (χ1v) is 23.9. The van der Waals surface area contributed by atoms with E-state index in [0.29, 0.717) is 16.4 Å². The van der Waals surface area contributed by atoms with Gasteiger partial charge in [-0.3, -0.25) is 13.7 Å². The summed E-state index contributed by atoms with van der Waals surface area (Å²) in [5, 5.41) is 2.29. The van der Waals surface area contributed by atoms with Gasteiger partial charge in [-0.15, -0.1) is 0 Å². The van der Waals surface area contributed by atoms with Crippen molar-refractivity contribution in [3.63, 3.8) is 0 Å². The summed E-state index contributed by atoms with van der Waals surface area (Å²) in [6.45, 7) is 1.18. The van der Waals surface area contributed by atoms with Crippen LogP contribution in [0.1, 0.15) is 37.0 Å². The highest BCUT2D eigenvalue weighted by atomic mass is 32.2. The molecule has 0 bridgehead atoms. The second kappa shape index (κ2) is 16.4. The van der Waals surface area contributed by atoms with Crippen LogP contribution in [0.25, 0.3) is 21.9 Å². The molecule has 3 aromatic carbocycles. The maximum atomic E-state index is 13.0. The number of hydrogen-bond acceptors (Lipinski definition) is 16. The van der Waals surface area contributed by atoms with Crippen molar-refractivity contribution in [2.24, 2.45) is 0 Å². The molecule has 6 unspecified atom stereocenters. The number of phosphoric acid groups is 3. The number of fused-ring (bicyclic) bond motifs is 3. The standard InChI is InChI=1S/C31H35N5O15P4S/c1-2-14-56-31-34-27(32)24-28(35-31)36(18-33-24)29-26-25(47-30(48-26)22-13-12-20-10-6-7-11-21(20)15-22)23(46-29)16-45-53(39,40)50-55(43,44)51-54(41,42)49-52(37,38)17-19-8-4-3-5-9-19/h3-13,15,18,23,25-26,29-30H,2,14,16-17H2,1H3,(H,37,38)(H,39,40)(H,41,42)(H,43,44)(H2,32,34,35)/t23-,25+,26?,29-,30?/m1/s1. The lowest BCUT2D eigenvalue weighted by atomic mass is 10.1. The van der Waals surface area contributed by atoms with Crippen LogP contribution in [0.15, 0.2) is 84.3 Å². The highest BCUT2D eigenvalue weighted by Crippen LogP contribution is 2.71. The number of nitrogens with zero attached hydrogens (tertiary/aromatic N) is 4. The molecular weight excluding hydrogens is 838 g/mol. The molecule has 2 aliphatic heterocycles. The normalized spacial score (nSPS) is 25.3. The topological polar surface area (TPSA) is 283 Å². The summed E-state index contributed by atoms with van der Waals surface area (Å²) in [5.74, 6) is 0.853. The molecule has 2 fully saturated rings. The monoisotopic (exact) mass is 873 g/mol. The van der Waals surface area contributed by atoms with Gasteiger partial charge in [0.05, 0.1) is 19.1 Å². The summed E-state index contributed by atoms with van der Waals surface area (Å²) in [5.41, 5.74) is 7.68. The van der Waals surface area contributed by atoms with Crippen LogP contribution in [0, 0.1) is 0 Å². The Morgan fingerprint density at radius 2 is 1.50 bits per heavy atom. The number of ether oxygens (including phenoxy) is 3. The molecule has 56 heavy (non-hydrogen) atoms. The van der Waals surface area contributed by atoms with E-state index in [9.17, 15) is 37.8 Å². The Morgan fingerprint density at radius 3 is 2.25 bits per heavy atom. The molecule has 0 saturated carbocycles. The Morgan fingerprint density at radius 1 is 0.821 bits per heavy atom. The minimum atomic E-state index is -6.00. The van der Waals surface area contributed by atoms with E-state index in [1.165, 1.54) is 42.4 Å². The molecule has 0 radical (unpaired) electrons. The van der Waals surface area contributed by atoms with Crippen LogP contribution < -0.4 is 5.73 Å². The van der Waals surface area contributed by atoms with E-state index in [4.69, 9.17) is 24.5 Å². The van der Waals surface area contributed by atoms with Gasteiger partial charge in [0.2, 0.25) is 0 Å². The Labute approximate surface area is 322 Å². The van der Waals surface area contributed by atoms with Crippen molar-refractivity contribution in [2.75, 3.05) is 18.1 Å². The molecule has 2 aromatic heterocycles. The molecule has 4 heterocycles. The van der Waals surface area contributed by atoms with Gasteiger partial charge in [-0.05, 0) is 28.8 Å². The number of phosphoric ester groups is 1. The second-order valence-corrected chi connectivity index (χ2v) is 20.2. The number of rotatable bonds is 16. The molecule has 2 saturated heterocycles. The molecule has 0 amide bonds. The van der Waals surface area contributed by atoms with Crippen molar-refractivity contribution in [1.82, 2.24) is 19.5 Å². The molecule has 2 aliphatic rings. The molecule has 9 atom stereocenters. The summed E-state index contributed by atoms with van der Waals surface area (Å²) in [6.07, 6.45) is -3.59. The Hall–Kier alpha value is -2.90. The van der Waals surface area contributed by atoms with Crippen molar-refractivity contribution in [3.05, 3.63) is 90.3 Å². The van der Waals surface area contributed by atoms with E-state index in [2.05, 4.69) is 27.9 Å². The summed E-state index contributed by atoms with van der Waals surface area (Å²) in [4.78, 5) is 53.9. The molecule has 7 rings (SSSR count). The Balaban J connectivity index is 1.09. The van der Waals surface area contributed by atoms with Crippen molar-refractivity contribution < 1.29 is 69.5 Å². The van der Waals surface area contributed by atoms with Gasteiger partial charge in [-0.25, -0.2) is 33.0 Å². The van der Waals surface area contributed by atoms with Crippen LogP contribution in [0.3, 0.4) is 0 Å². The van der Waals surface area contributed by atoms with Crippen LogP contribution >= 0.6 is 42.8 Å². The second-order valence-electron chi connectivity index (χ2n) is 12.5. The number of benzene rings is 3. The van der Waals surface area contributed by atoms with E-state index in [1.54, 1.807) is 10.6 Å². The minimum absolute atomic E-state index is 0.129. The molecule has 0 spiro atoms. The van der Waals surface area contributed by atoms with Gasteiger partial charge >= 0.3 is 31.1 Å². The lowest BCUT2D eigenvalue weighted by molar-refractivity contribution is -0.152. The average molecular weight is 874 g/mol. The lowest BCUT2D eigenvalue weighted by Crippen LogP contribution is -2.31. The van der Waals surface area contributed by atoms with E-state index < -0.39 is 74.7 Å². The number of anilines is 1. The average Bonchev–Trinajstić information content (AvgIpc) is 3.83. The number of nitrogens with two attached hydrogens (primary N) is 1. The maximum absolute atomic E-state index is 13.0. The summed E-state index contributed by atoms with van der Waals surface area (Å²) in [6, 6.07) is 20.8.